The van der Waals surface area contributed by atoms with Crippen molar-refractivity contribution in [2.45, 2.75) is 6.92 Å². The molecule has 8 heteroatoms. The van der Waals surface area contributed by atoms with Gasteiger partial charge in [-0.2, -0.15) is 0 Å². The summed E-state index contributed by atoms with van der Waals surface area (Å²) >= 11 is 1.07. The molecule has 0 bridgehead atoms. The first kappa shape index (κ1) is 20.2. The van der Waals surface area contributed by atoms with Gasteiger partial charge in [-0.15, -0.1) is 11.3 Å². The van der Waals surface area contributed by atoms with Crippen molar-refractivity contribution in [2.24, 2.45) is 5.73 Å². The lowest BCUT2D eigenvalue weighted by molar-refractivity contribution is 0.100. The fourth-order valence-electron chi connectivity index (χ4n) is 2.82. The molecule has 0 aliphatic carbocycles. The Labute approximate surface area is 172 Å². The van der Waals surface area contributed by atoms with Gasteiger partial charge in [-0.1, -0.05) is 12.1 Å². The molecule has 1 aromatic heterocycles. The van der Waals surface area contributed by atoms with Crippen LogP contribution in [-0.4, -0.2) is 25.4 Å². The molecule has 0 aliphatic heterocycles. The Kier molecular flexibility index (Phi) is 6.04. The largest absolute Gasteiger partial charge is 0.495 e. The zero-order valence-electron chi connectivity index (χ0n) is 16.0. The van der Waals surface area contributed by atoms with E-state index in [9.17, 15) is 9.59 Å². The number of carbonyl (C=O) groups excluding carboxylic acids is 2. The molecule has 1 amide bonds. The minimum absolute atomic E-state index is 0.0544. The zero-order chi connectivity index (χ0) is 21.0. The van der Waals surface area contributed by atoms with Gasteiger partial charge in [0.2, 0.25) is 5.78 Å². The van der Waals surface area contributed by atoms with E-state index in [2.05, 4.69) is 5.32 Å². The van der Waals surface area contributed by atoms with Crippen LogP contribution in [-0.2, 0) is 0 Å². The maximum Gasteiger partial charge on any atom is 0.253 e. The lowest BCUT2D eigenvalue weighted by atomic mass is 10.1. The molecular formula is C21H21N3O4S. The van der Waals surface area contributed by atoms with E-state index >= 15 is 0 Å². The molecule has 0 spiro atoms. The minimum Gasteiger partial charge on any atom is -0.495 e. The average Bonchev–Trinajstić information content (AvgIpc) is 3.04. The summed E-state index contributed by atoms with van der Waals surface area (Å²) in [7, 11) is 1.54. The predicted molar refractivity (Wildman–Crippen MR) is 115 cm³/mol. The van der Waals surface area contributed by atoms with Gasteiger partial charge in [0.15, 0.2) is 0 Å². The zero-order valence-corrected chi connectivity index (χ0v) is 16.8. The molecule has 0 saturated heterocycles. The molecule has 2 aromatic carbocycles. The van der Waals surface area contributed by atoms with E-state index in [1.54, 1.807) is 43.5 Å². The van der Waals surface area contributed by atoms with Gasteiger partial charge in [-0.25, -0.2) is 0 Å². The van der Waals surface area contributed by atoms with Crippen molar-refractivity contribution in [3.63, 3.8) is 0 Å². The quantitative estimate of drug-likeness (QED) is 0.485. The molecule has 3 rings (SSSR count). The van der Waals surface area contributed by atoms with Crippen LogP contribution < -0.4 is 26.3 Å². The number of hydrogen-bond donors (Lipinski definition) is 3. The highest BCUT2D eigenvalue weighted by molar-refractivity contribution is 7.19. The number of amides is 1. The molecule has 0 saturated carbocycles. The van der Waals surface area contributed by atoms with Crippen molar-refractivity contribution in [3.8, 4) is 11.5 Å². The molecular weight excluding hydrogens is 390 g/mol. The van der Waals surface area contributed by atoms with Gasteiger partial charge in [0, 0.05) is 5.56 Å². The van der Waals surface area contributed by atoms with Crippen molar-refractivity contribution < 1.29 is 19.1 Å². The number of carbonyl (C=O) groups is 2. The third-order valence-electron chi connectivity index (χ3n) is 4.18. The smallest absolute Gasteiger partial charge is 0.253 e. The number of primary amides is 1. The standard InChI is InChI=1S/C21H21N3O4S/c1-3-28-13-10-8-12(9-11-13)18(25)19-17(22)16(20(23)26)21(29-19)24-14-6-4-5-7-15(14)27-2/h4-11,24H,3,22H2,1-2H3,(H2,23,26). The van der Waals surface area contributed by atoms with Crippen LogP contribution in [0.5, 0.6) is 11.5 Å². The summed E-state index contributed by atoms with van der Waals surface area (Å²) in [4.78, 5) is 25.2. The first-order valence-corrected chi connectivity index (χ1v) is 9.67. The lowest BCUT2D eigenvalue weighted by Gasteiger charge is -2.10. The summed E-state index contributed by atoms with van der Waals surface area (Å²) in [5.41, 5.74) is 12.9. The Balaban J connectivity index is 1.99. The molecule has 0 aliphatic rings. The number of anilines is 3. The molecule has 0 atom stereocenters. The van der Waals surface area contributed by atoms with Gasteiger partial charge in [0.05, 0.1) is 30.7 Å². The average molecular weight is 411 g/mol. The second-order valence-corrected chi connectivity index (χ2v) is 7.05. The third-order valence-corrected chi connectivity index (χ3v) is 5.30. The highest BCUT2D eigenvalue weighted by Gasteiger charge is 2.25. The van der Waals surface area contributed by atoms with Crippen LogP contribution >= 0.6 is 11.3 Å². The molecule has 5 N–H and O–H groups in total. The number of para-hydroxylation sites is 2. The van der Waals surface area contributed by atoms with Crippen LogP contribution in [0.1, 0.15) is 32.5 Å². The molecule has 0 fully saturated rings. The Morgan fingerprint density at radius 1 is 1.10 bits per heavy atom. The van der Waals surface area contributed by atoms with E-state index in [4.69, 9.17) is 20.9 Å². The molecule has 150 valence electrons. The molecule has 3 aromatic rings. The second-order valence-electron chi connectivity index (χ2n) is 6.03. The number of benzene rings is 2. The normalized spacial score (nSPS) is 10.4. The fourth-order valence-corrected chi connectivity index (χ4v) is 3.92. The summed E-state index contributed by atoms with van der Waals surface area (Å²) in [6.07, 6.45) is 0. The number of ether oxygens (including phenoxy) is 2. The van der Waals surface area contributed by atoms with Crippen LogP contribution in [0.4, 0.5) is 16.4 Å². The SMILES string of the molecule is CCOc1ccc(C(=O)c2sc(Nc3ccccc3OC)c(C(N)=O)c2N)cc1. The van der Waals surface area contributed by atoms with Gasteiger partial charge < -0.3 is 26.3 Å². The van der Waals surface area contributed by atoms with Crippen molar-refractivity contribution in [1.82, 2.24) is 0 Å². The van der Waals surface area contributed by atoms with Crippen molar-refractivity contribution in [3.05, 3.63) is 64.5 Å². The van der Waals surface area contributed by atoms with Crippen molar-refractivity contribution in [2.75, 3.05) is 24.8 Å². The predicted octanol–water partition coefficient (Wildman–Crippen LogP) is 3.81. The maximum atomic E-state index is 13.0. The van der Waals surface area contributed by atoms with E-state index < -0.39 is 5.91 Å². The van der Waals surface area contributed by atoms with Crippen molar-refractivity contribution in [1.29, 1.82) is 0 Å². The third kappa shape index (κ3) is 4.17. The van der Waals surface area contributed by atoms with Crippen LogP contribution in [0.3, 0.4) is 0 Å². The summed E-state index contributed by atoms with van der Waals surface area (Å²) < 4.78 is 10.7. The fraction of sp³-hybridized carbons (Fsp3) is 0.143. The van der Waals surface area contributed by atoms with Crippen LogP contribution in [0.2, 0.25) is 0 Å². The van der Waals surface area contributed by atoms with Gasteiger partial charge in [0.25, 0.3) is 5.91 Å². The Bertz CT molecular complexity index is 1040. The van der Waals surface area contributed by atoms with E-state index in [1.807, 2.05) is 19.1 Å². The molecule has 7 nitrogen and oxygen atoms in total. The molecule has 29 heavy (non-hydrogen) atoms. The van der Waals surface area contributed by atoms with Crippen molar-refractivity contribution >= 4 is 39.4 Å². The number of nitrogens with two attached hydrogens (primary N) is 2. The number of methoxy groups -OCH3 is 1. The number of hydrogen-bond acceptors (Lipinski definition) is 7. The highest BCUT2D eigenvalue weighted by Crippen LogP contribution is 2.40. The summed E-state index contributed by atoms with van der Waals surface area (Å²) in [5, 5.41) is 3.49. The van der Waals surface area contributed by atoms with Gasteiger partial charge in [-0.05, 0) is 43.3 Å². The summed E-state index contributed by atoms with van der Waals surface area (Å²) in [6.45, 7) is 2.41. The number of nitrogens with one attached hydrogen (secondary N) is 1. The minimum atomic E-state index is -0.720. The van der Waals surface area contributed by atoms with E-state index in [0.717, 1.165) is 11.3 Å². The van der Waals surface area contributed by atoms with Crippen LogP contribution in [0.15, 0.2) is 48.5 Å². The van der Waals surface area contributed by atoms with Gasteiger partial charge in [0.1, 0.15) is 21.4 Å². The number of rotatable bonds is 8. The van der Waals surface area contributed by atoms with E-state index in [1.165, 1.54) is 0 Å². The topological polar surface area (TPSA) is 117 Å². The maximum absolute atomic E-state index is 13.0. The van der Waals surface area contributed by atoms with E-state index in [0.29, 0.717) is 34.4 Å². The molecule has 0 unspecified atom stereocenters. The first-order chi connectivity index (χ1) is 14.0. The first-order valence-electron chi connectivity index (χ1n) is 8.85. The monoisotopic (exact) mass is 411 g/mol. The lowest BCUT2D eigenvalue weighted by Crippen LogP contribution is -2.14. The van der Waals surface area contributed by atoms with Gasteiger partial charge >= 0.3 is 0 Å². The Hall–Kier alpha value is -3.52. The van der Waals surface area contributed by atoms with Crippen LogP contribution in [0.25, 0.3) is 0 Å². The summed E-state index contributed by atoms with van der Waals surface area (Å²) in [5.74, 6) is 0.224. The highest BCUT2D eigenvalue weighted by atomic mass is 32.1. The Morgan fingerprint density at radius 3 is 2.41 bits per heavy atom. The number of ketones is 1. The molecule has 0 radical (unpaired) electrons. The summed E-state index contributed by atoms with van der Waals surface area (Å²) in [6, 6.07) is 13.9. The van der Waals surface area contributed by atoms with Crippen LogP contribution in [0, 0.1) is 0 Å². The van der Waals surface area contributed by atoms with Gasteiger partial charge in [-0.3, -0.25) is 9.59 Å². The molecule has 1 heterocycles. The Morgan fingerprint density at radius 2 is 1.79 bits per heavy atom. The number of thiophene rings is 1. The second kappa shape index (κ2) is 8.66. The number of nitrogen functional groups attached to an aromatic ring is 1. The van der Waals surface area contributed by atoms with E-state index in [-0.39, 0.29) is 21.9 Å².